The zero-order valence-electron chi connectivity index (χ0n) is 12.3. The quantitative estimate of drug-likeness (QED) is 0.712. The molecule has 6 nitrogen and oxygen atoms in total. The molecule has 2 aromatic heterocycles. The summed E-state index contributed by atoms with van der Waals surface area (Å²) in [5, 5.41) is 13.7. The fourth-order valence-electron chi connectivity index (χ4n) is 1.84. The number of rotatable bonds is 9. The molecule has 0 fully saturated rings. The van der Waals surface area contributed by atoms with Crippen LogP contribution in [-0.4, -0.2) is 49.1 Å². The van der Waals surface area contributed by atoms with Crippen LogP contribution in [0.25, 0.3) is 10.6 Å². The first-order valence-corrected chi connectivity index (χ1v) is 7.68. The van der Waals surface area contributed by atoms with E-state index in [0.717, 1.165) is 48.1 Å². The van der Waals surface area contributed by atoms with Crippen molar-refractivity contribution in [1.82, 2.24) is 20.5 Å². The maximum absolute atomic E-state index is 5.25. The zero-order chi connectivity index (χ0) is 14.9. The molecule has 0 atom stereocenters. The van der Waals surface area contributed by atoms with E-state index in [4.69, 9.17) is 9.47 Å². The molecule has 0 bridgehead atoms. The first-order valence-electron chi connectivity index (χ1n) is 6.86. The summed E-state index contributed by atoms with van der Waals surface area (Å²) in [5.74, 6) is 0.585. The third kappa shape index (κ3) is 4.73. The van der Waals surface area contributed by atoms with Gasteiger partial charge in [-0.2, -0.15) is 0 Å². The SMILES string of the molecule is COCCNCCCc1nnc(-c2cccnc2OC)s1. The molecule has 0 aliphatic carbocycles. The molecule has 0 radical (unpaired) electrons. The molecule has 0 aliphatic rings. The van der Waals surface area contributed by atoms with E-state index in [9.17, 15) is 0 Å². The summed E-state index contributed by atoms with van der Waals surface area (Å²) in [6.07, 6.45) is 3.65. The van der Waals surface area contributed by atoms with Crippen LogP contribution >= 0.6 is 11.3 Å². The Balaban J connectivity index is 1.87. The molecule has 0 aliphatic heterocycles. The van der Waals surface area contributed by atoms with Gasteiger partial charge in [-0.25, -0.2) is 4.98 Å². The van der Waals surface area contributed by atoms with Crippen molar-refractivity contribution < 1.29 is 9.47 Å². The van der Waals surface area contributed by atoms with E-state index in [1.54, 1.807) is 31.8 Å². The second-order valence-corrected chi connectivity index (χ2v) is 5.47. The Labute approximate surface area is 128 Å². The first kappa shape index (κ1) is 15.8. The van der Waals surface area contributed by atoms with Crippen LogP contribution in [0, 0.1) is 0 Å². The molecular formula is C14H20N4O2S. The monoisotopic (exact) mass is 308 g/mol. The van der Waals surface area contributed by atoms with E-state index < -0.39 is 0 Å². The first-order chi connectivity index (χ1) is 10.3. The minimum absolute atomic E-state index is 0.585. The van der Waals surface area contributed by atoms with Crippen LogP contribution in [0.4, 0.5) is 0 Å². The summed E-state index contributed by atoms with van der Waals surface area (Å²) in [5.41, 5.74) is 0.891. The third-order valence-corrected chi connectivity index (χ3v) is 3.91. The third-order valence-electron chi connectivity index (χ3n) is 2.89. The Hall–Kier alpha value is -1.57. The van der Waals surface area contributed by atoms with Crippen molar-refractivity contribution >= 4 is 11.3 Å². The van der Waals surface area contributed by atoms with Gasteiger partial charge in [0.25, 0.3) is 0 Å². The largest absolute Gasteiger partial charge is 0.480 e. The molecule has 0 amide bonds. The number of nitrogens with one attached hydrogen (secondary N) is 1. The maximum Gasteiger partial charge on any atom is 0.223 e. The Morgan fingerprint density at radius 1 is 1.24 bits per heavy atom. The fraction of sp³-hybridized carbons (Fsp3) is 0.500. The van der Waals surface area contributed by atoms with Crippen molar-refractivity contribution in [2.24, 2.45) is 0 Å². The lowest BCUT2D eigenvalue weighted by molar-refractivity contribution is 0.199. The smallest absolute Gasteiger partial charge is 0.223 e. The van der Waals surface area contributed by atoms with Gasteiger partial charge in [0, 0.05) is 26.3 Å². The summed E-state index contributed by atoms with van der Waals surface area (Å²) in [4.78, 5) is 4.18. The predicted molar refractivity (Wildman–Crippen MR) is 82.8 cm³/mol. The van der Waals surface area contributed by atoms with Crippen LogP contribution in [0.1, 0.15) is 11.4 Å². The van der Waals surface area contributed by atoms with Crippen LogP contribution < -0.4 is 10.1 Å². The number of aromatic nitrogens is 3. The normalized spacial score (nSPS) is 10.8. The Bertz CT molecular complexity index is 547. The van der Waals surface area contributed by atoms with E-state index in [0.29, 0.717) is 5.88 Å². The summed E-state index contributed by atoms with van der Waals surface area (Å²) in [6, 6.07) is 3.82. The molecule has 1 N–H and O–H groups in total. The number of hydrogen-bond donors (Lipinski definition) is 1. The van der Waals surface area contributed by atoms with Crippen molar-refractivity contribution in [3.63, 3.8) is 0 Å². The highest BCUT2D eigenvalue weighted by molar-refractivity contribution is 7.14. The van der Waals surface area contributed by atoms with E-state index in [1.165, 1.54) is 0 Å². The average Bonchev–Trinajstić information content (AvgIpc) is 2.99. The number of nitrogens with zero attached hydrogens (tertiary/aromatic N) is 3. The number of hydrogen-bond acceptors (Lipinski definition) is 7. The minimum atomic E-state index is 0.585. The van der Waals surface area contributed by atoms with Crippen molar-refractivity contribution in [1.29, 1.82) is 0 Å². The van der Waals surface area contributed by atoms with E-state index in [2.05, 4.69) is 20.5 Å². The fourth-order valence-corrected chi connectivity index (χ4v) is 2.74. The lowest BCUT2D eigenvalue weighted by atomic mass is 10.3. The van der Waals surface area contributed by atoms with Gasteiger partial charge in [0.2, 0.25) is 5.88 Å². The molecule has 2 heterocycles. The second-order valence-electron chi connectivity index (χ2n) is 4.41. The standard InChI is InChI=1S/C14H20N4O2S/c1-19-10-9-15-7-4-6-12-17-18-14(21-12)11-5-3-8-16-13(11)20-2/h3,5,8,15H,4,6-7,9-10H2,1-2H3. The van der Waals surface area contributed by atoms with Gasteiger partial charge in [0.1, 0.15) is 5.01 Å². The second kappa shape index (κ2) is 8.66. The number of aryl methyl sites for hydroxylation is 1. The lowest BCUT2D eigenvalue weighted by Gasteiger charge is -2.02. The molecule has 21 heavy (non-hydrogen) atoms. The van der Waals surface area contributed by atoms with Crippen LogP contribution in [-0.2, 0) is 11.2 Å². The highest BCUT2D eigenvalue weighted by Gasteiger charge is 2.11. The molecule has 2 rings (SSSR count). The Kier molecular flexibility index (Phi) is 6.52. The number of ether oxygens (including phenoxy) is 2. The summed E-state index contributed by atoms with van der Waals surface area (Å²) in [6.45, 7) is 2.57. The summed E-state index contributed by atoms with van der Waals surface area (Å²) in [7, 11) is 3.32. The van der Waals surface area contributed by atoms with Gasteiger partial charge in [-0.15, -0.1) is 10.2 Å². The van der Waals surface area contributed by atoms with Gasteiger partial charge >= 0.3 is 0 Å². The van der Waals surface area contributed by atoms with Gasteiger partial charge in [-0.05, 0) is 25.1 Å². The lowest BCUT2D eigenvalue weighted by Crippen LogP contribution is -2.20. The highest BCUT2D eigenvalue weighted by Crippen LogP contribution is 2.30. The van der Waals surface area contributed by atoms with Gasteiger partial charge in [-0.1, -0.05) is 11.3 Å². The van der Waals surface area contributed by atoms with Crippen LogP contribution in [0.15, 0.2) is 18.3 Å². The average molecular weight is 308 g/mol. The molecule has 0 saturated carbocycles. The number of methoxy groups -OCH3 is 2. The number of pyridine rings is 1. The van der Waals surface area contributed by atoms with Gasteiger partial charge in [-0.3, -0.25) is 0 Å². The van der Waals surface area contributed by atoms with E-state index in [1.807, 2.05) is 12.1 Å². The van der Waals surface area contributed by atoms with Crippen LogP contribution in [0.2, 0.25) is 0 Å². The molecule has 0 aromatic carbocycles. The molecule has 114 valence electrons. The van der Waals surface area contributed by atoms with Crippen LogP contribution in [0.3, 0.4) is 0 Å². The topological polar surface area (TPSA) is 69.2 Å². The predicted octanol–water partition coefficient (Wildman–Crippen LogP) is 1.78. The van der Waals surface area contributed by atoms with Gasteiger partial charge in [0.15, 0.2) is 5.01 Å². The summed E-state index contributed by atoms with van der Waals surface area (Å²) < 4.78 is 10.2. The van der Waals surface area contributed by atoms with Crippen molar-refractivity contribution in [2.75, 3.05) is 33.9 Å². The van der Waals surface area contributed by atoms with Crippen LogP contribution in [0.5, 0.6) is 5.88 Å². The van der Waals surface area contributed by atoms with E-state index in [-0.39, 0.29) is 0 Å². The molecule has 2 aromatic rings. The van der Waals surface area contributed by atoms with Crippen molar-refractivity contribution in [3.8, 4) is 16.5 Å². The van der Waals surface area contributed by atoms with E-state index >= 15 is 0 Å². The zero-order valence-corrected chi connectivity index (χ0v) is 13.2. The highest BCUT2D eigenvalue weighted by atomic mass is 32.1. The molecule has 0 unspecified atom stereocenters. The Morgan fingerprint density at radius 3 is 2.95 bits per heavy atom. The van der Waals surface area contributed by atoms with Gasteiger partial charge < -0.3 is 14.8 Å². The van der Waals surface area contributed by atoms with Crippen molar-refractivity contribution in [3.05, 3.63) is 23.3 Å². The Morgan fingerprint density at radius 2 is 2.14 bits per heavy atom. The summed E-state index contributed by atoms with van der Waals surface area (Å²) >= 11 is 1.59. The molecule has 0 saturated heterocycles. The minimum Gasteiger partial charge on any atom is -0.480 e. The van der Waals surface area contributed by atoms with Gasteiger partial charge in [0.05, 0.1) is 19.3 Å². The van der Waals surface area contributed by atoms with Crippen molar-refractivity contribution in [2.45, 2.75) is 12.8 Å². The molecule has 0 spiro atoms. The molecular weight excluding hydrogens is 288 g/mol. The molecule has 7 heteroatoms. The maximum atomic E-state index is 5.25.